The highest BCUT2D eigenvalue weighted by molar-refractivity contribution is 7.22. The standard InChI is InChI=1S/C20H21F2NOS.C12H7F2N3OS.C10H17N.C7H4F2N2S.C7H6N4O.CH4/c21-14-6-17(22)20-18(7-14)25-19(23-20)9-15(24)8-16-12-2-10-1-11(4-12)5-13(16)3-10;13-7-3-8(14)12-9(4-7)19-10(16-12)5-11(18)17-2-1-15-6-17;11-10-8-2-6-1-7(4-8)5-9(10)3-6;8-3-1-4(9)6-5(2-3)12-7(10)11-6;12-7(10-3-1-8-5-10)11-4-2-9-6-11;/h6-7,10-13,16H,1-5,8-9H2;1-4,6H,5H2;6-10H,1-5,11H2;1-2H,(H2,10,11);1-6H;1H4. The minimum Gasteiger partial charge on any atom is -0.375 e. The first-order valence-corrected chi connectivity index (χ1v) is 28.8. The number of thiazole rings is 3. The molecule has 23 heteroatoms. The molecule has 8 saturated carbocycles. The number of carbonyl (C=O) groups excluding carboxylic acids is 3. The van der Waals surface area contributed by atoms with Gasteiger partial charge < -0.3 is 11.5 Å². The Morgan fingerprint density at radius 2 is 0.900 bits per heavy atom. The van der Waals surface area contributed by atoms with Crippen LogP contribution in [0.25, 0.3) is 30.6 Å². The molecule has 0 spiro atoms. The van der Waals surface area contributed by atoms with Crippen molar-refractivity contribution in [1.82, 2.24) is 43.6 Å². The summed E-state index contributed by atoms with van der Waals surface area (Å²) in [7, 11) is 0. The van der Waals surface area contributed by atoms with Gasteiger partial charge in [-0.3, -0.25) is 23.3 Å². The fourth-order valence-corrected chi connectivity index (χ4v) is 16.3. The van der Waals surface area contributed by atoms with Crippen molar-refractivity contribution >= 4 is 87.5 Å². The number of nitrogens with two attached hydrogens (primary N) is 2. The van der Waals surface area contributed by atoms with Crippen molar-refractivity contribution in [2.24, 2.45) is 59.0 Å². The Bertz CT molecular complexity index is 3530. The van der Waals surface area contributed by atoms with Gasteiger partial charge in [-0.25, -0.2) is 61.0 Å². The predicted molar refractivity (Wildman–Crippen MR) is 296 cm³/mol. The molecule has 6 aromatic heterocycles. The van der Waals surface area contributed by atoms with E-state index in [1.807, 2.05) is 0 Å². The molecular formula is C57H59F6N11O3S3. The average Bonchev–Trinajstić information content (AvgIpc) is 4.31. The number of nitrogens with zero attached hydrogens (tertiary/aromatic N) is 9. The number of imidazole rings is 3. The highest BCUT2D eigenvalue weighted by atomic mass is 32.1. The molecule has 0 atom stereocenters. The molecule has 9 aromatic rings. The van der Waals surface area contributed by atoms with Gasteiger partial charge in [-0.05, 0) is 136 Å². The molecule has 3 aromatic carbocycles. The van der Waals surface area contributed by atoms with Gasteiger partial charge in [0.2, 0.25) is 5.91 Å². The van der Waals surface area contributed by atoms with Gasteiger partial charge in [-0.1, -0.05) is 18.8 Å². The molecule has 80 heavy (non-hydrogen) atoms. The van der Waals surface area contributed by atoms with E-state index < -0.39 is 34.9 Å². The normalized spacial score (nSPS) is 24.4. The highest BCUT2D eigenvalue weighted by Crippen LogP contribution is 2.57. The first-order valence-electron chi connectivity index (χ1n) is 26.3. The maximum absolute atomic E-state index is 13.8. The third kappa shape index (κ3) is 12.7. The second kappa shape index (κ2) is 24.2. The lowest BCUT2D eigenvalue weighted by Crippen LogP contribution is -2.52. The van der Waals surface area contributed by atoms with E-state index in [1.54, 1.807) is 31.2 Å². The third-order valence-electron chi connectivity index (χ3n) is 16.4. The molecule has 17 rings (SSSR count). The first-order chi connectivity index (χ1) is 38.0. The molecule has 0 aliphatic heterocycles. The Morgan fingerprint density at radius 3 is 1.32 bits per heavy atom. The molecule has 8 aliphatic rings. The van der Waals surface area contributed by atoms with Crippen LogP contribution in [0.2, 0.25) is 0 Å². The molecule has 0 saturated heterocycles. The number of benzene rings is 3. The number of hydrogen-bond donors (Lipinski definition) is 2. The van der Waals surface area contributed by atoms with Gasteiger partial charge in [-0.15, -0.1) is 22.7 Å². The van der Waals surface area contributed by atoms with E-state index in [4.69, 9.17) is 11.5 Å². The number of aromatic nitrogens is 9. The fraction of sp³-hybridized carbons (Fsp3) is 0.421. The van der Waals surface area contributed by atoms with Gasteiger partial charge >= 0.3 is 6.03 Å². The number of hydrogen-bond acceptors (Lipinski definition) is 14. The molecule has 14 nitrogen and oxygen atoms in total. The second-order valence-corrected chi connectivity index (χ2v) is 25.0. The van der Waals surface area contributed by atoms with E-state index >= 15 is 0 Å². The first kappa shape index (κ1) is 56.6. The molecule has 8 aliphatic carbocycles. The van der Waals surface area contributed by atoms with Crippen LogP contribution < -0.4 is 11.5 Å². The molecule has 0 radical (unpaired) electrons. The van der Waals surface area contributed by atoms with Crippen LogP contribution in [-0.2, 0) is 17.6 Å². The van der Waals surface area contributed by atoms with Crippen molar-refractivity contribution in [3.63, 3.8) is 0 Å². The maximum atomic E-state index is 13.8. The maximum Gasteiger partial charge on any atom is 0.338 e. The van der Waals surface area contributed by atoms with E-state index in [2.05, 4.69) is 29.9 Å². The number of halogens is 6. The minimum atomic E-state index is -0.715. The SMILES string of the molecule is C.NC1C2CC3CC(C2)CC1C3.Nc1nc2c(F)cc(F)cc2s1.O=C(Cc1nc2c(F)cc(F)cc2s1)CC1C2CC3CC(C2)CC1C3.O=C(Cc1nc2c(F)cc(F)cc2s1)n1ccnc1.O=C(n1ccnc1)n1ccnc1. The second-order valence-electron chi connectivity index (χ2n) is 21.8. The number of carbonyl (C=O) groups is 3. The lowest BCUT2D eigenvalue weighted by atomic mass is 9.51. The van der Waals surface area contributed by atoms with E-state index in [1.165, 1.54) is 132 Å². The van der Waals surface area contributed by atoms with Crippen molar-refractivity contribution in [2.75, 3.05) is 5.73 Å². The van der Waals surface area contributed by atoms with Crippen LogP contribution in [0, 0.1) is 88.2 Å². The topological polar surface area (TPSA) is 195 Å². The number of anilines is 1. The lowest BCUT2D eigenvalue weighted by molar-refractivity contribution is -0.123. The number of fused-ring (bicyclic) bond motifs is 3. The van der Waals surface area contributed by atoms with Crippen LogP contribution in [0.3, 0.4) is 0 Å². The molecule has 8 fully saturated rings. The zero-order valence-electron chi connectivity index (χ0n) is 42.5. The molecule has 0 amide bonds. The smallest absolute Gasteiger partial charge is 0.338 e. The van der Waals surface area contributed by atoms with E-state index in [-0.39, 0.29) is 59.7 Å². The summed E-state index contributed by atoms with van der Waals surface area (Å²) < 4.78 is 84.5. The van der Waals surface area contributed by atoms with Gasteiger partial charge in [0.15, 0.2) is 22.6 Å². The Kier molecular flexibility index (Phi) is 17.1. The van der Waals surface area contributed by atoms with Crippen molar-refractivity contribution in [3.05, 3.63) is 137 Å². The number of ketones is 1. The van der Waals surface area contributed by atoms with Crippen molar-refractivity contribution in [2.45, 2.75) is 96.9 Å². The monoisotopic (exact) mass is 1160 g/mol. The molecular weight excluding hydrogens is 1100 g/mol. The van der Waals surface area contributed by atoms with Crippen LogP contribution in [0.15, 0.2) is 92.6 Å². The summed E-state index contributed by atoms with van der Waals surface area (Å²) in [5.41, 5.74) is 11.9. The zero-order valence-corrected chi connectivity index (χ0v) is 45.0. The summed E-state index contributed by atoms with van der Waals surface area (Å²) in [5, 5.41) is 1.29. The summed E-state index contributed by atoms with van der Waals surface area (Å²) in [4.78, 5) is 59.1. The quantitative estimate of drug-likeness (QED) is 0.150. The summed E-state index contributed by atoms with van der Waals surface area (Å²) in [6.07, 6.45) is 28.6. The van der Waals surface area contributed by atoms with E-state index in [9.17, 15) is 40.7 Å². The number of Topliss-reactive ketones (excluding diaryl/α,β-unsaturated/α-hetero) is 1. The fourth-order valence-electron chi connectivity index (χ4n) is 13.5. The van der Waals surface area contributed by atoms with E-state index in [0.29, 0.717) is 42.5 Å². The van der Waals surface area contributed by atoms with Crippen molar-refractivity contribution in [3.8, 4) is 0 Å². The van der Waals surface area contributed by atoms with Crippen LogP contribution in [-0.4, -0.2) is 67.4 Å². The molecule has 8 bridgehead atoms. The van der Waals surface area contributed by atoms with Gasteiger partial charge in [0.05, 0.1) is 26.9 Å². The van der Waals surface area contributed by atoms with E-state index in [0.717, 1.165) is 88.2 Å². The van der Waals surface area contributed by atoms with Crippen LogP contribution in [0.5, 0.6) is 0 Å². The summed E-state index contributed by atoms with van der Waals surface area (Å²) in [6, 6.07) is 6.54. The summed E-state index contributed by atoms with van der Waals surface area (Å²) in [6.45, 7) is 0. The third-order valence-corrected chi connectivity index (χ3v) is 19.3. The van der Waals surface area contributed by atoms with Gasteiger partial charge in [0, 0.05) is 67.8 Å². The Balaban J connectivity index is 0.000000117. The van der Waals surface area contributed by atoms with Crippen molar-refractivity contribution < 1.29 is 40.7 Å². The average molecular weight is 1160 g/mol. The zero-order chi connectivity index (χ0) is 55.1. The van der Waals surface area contributed by atoms with Crippen molar-refractivity contribution in [1.29, 1.82) is 0 Å². The Labute approximate surface area is 468 Å². The molecule has 420 valence electrons. The summed E-state index contributed by atoms with van der Waals surface area (Å²) in [5.74, 6) is 3.95. The van der Waals surface area contributed by atoms with Gasteiger partial charge in [-0.2, -0.15) is 0 Å². The lowest BCUT2D eigenvalue weighted by Gasteiger charge is -2.54. The molecule has 6 heterocycles. The van der Waals surface area contributed by atoms with Crippen LogP contribution in [0.4, 0.5) is 36.3 Å². The van der Waals surface area contributed by atoms with Gasteiger partial charge in [0.1, 0.15) is 68.8 Å². The van der Waals surface area contributed by atoms with Gasteiger partial charge in [0.25, 0.3) is 0 Å². The van der Waals surface area contributed by atoms with Crippen LogP contribution in [0.1, 0.15) is 92.9 Å². The minimum absolute atomic E-state index is 0. The Hall–Kier alpha value is -6.69. The predicted octanol–water partition coefficient (Wildman–Crippen LogP) is 13.0. The summed E-state index contributed by atoms with van der Waals surface area (Å²) >= 11 is 3.41. The largest absolute Gasteiger partial charge is 0.375 e. The Morgan fingerprint density at radius 1 is 0.512 bits per heavy atom. The highest BCUT2D eigenvalue weighted by Gasteiger charge is 2.49. The molecule has 0 unspecified atom stereocenters. The number of nitrogen functional groups attached to an aromatic ring is 1. The number of rotatable bonds is 6. The molecule has 4 N–H and O–H groups in total. The van der Waals surface area contributed by atoms with Crippen LogP contribution >= 0.6 is 34.0 Å².